The van der Waals surface area contributed by atoms with Crippen LogP contribution in [0.1, 0.15) is 44.9 Å². The van der Waals surface area contributed by atoms with E-state index < -0.39 is 0 Å². The second-order valence-electron chi connectivity index (χ2n) is 6.07. The van der Waals surface area contributed by atoms with Gasteiger partial charge in [0, 0.05) is 80.3 Å². The monoisotopic (exact) mass is 377 g/mol. The fourth-order valence-corrected chi connectivity index (χ4v) is 2.19. The summed E-state index contributed by atoms with van der Waals surface area (Å²) in [4.78, 5) is 0. The first-order chi connectivity index (χ1) is 12.9. The topological polar surface area (TPSA) is 55.4 Å². The van der Waals surface area contributed by atoms with Crippen LogP contribution in [0, 0.1) is 6.42 Å². The summed E-state index contributed by atoms with van der Waals surface area (Å²) in [7, 11) is 3.42. The number of methoxy groups -OCH3 is 2. The largest absolute Gasteiger partial charge is 0.385 e. The molecule has 0 rings (SSSR count). The molecule has 0 heterocycles. The summed E-state index contributed by atoms with van der Waals surface area (Å²) in [6.07, 6.45) is 9.27. The Bertz CT molecular complexity index is 216. The lowest BCUT2D eigenvalue weighted by Gasteiger charge is -2.06. The standard InChI is InChI=1S/C20H41O6/c1-21-11-7-15-25-19-9-17-23-13-5-3-4-6-14-24-18-10-20-26-16-8-12-22-2/h3H,4-20H2,1-2H3. The van der Waals surface area contributed by atoms with Crippen molar-refractivity contribution in [3.8, 4) is 0 Å². The molecule has 0 fully saturated rings. The number of rotatable bonds is 23. The minimum Gasteiger partial charge on any atom is -0.385 e. The van der Waals surface area contributed by atoms with Gasteiger partial charge in [-0.3, -0.25) is 0 Å². The van der Waals surface area contributed by atoms with Gasteiger partial charge in [-0.15, -0.1) is 0 Å². The second kappa shape index (κ2) is 24.8. The molecule has 157 valence electrons. The van der Waals surface area contributed by atoms with Crippen molar-refractivity contribution in [1.29, 1.82) is 0 Å². The van der Waals surface area contributed by atoms with Gasteiger partial charge in [0.25, 0.3) is 0 Å². The van der Waals surface area contributed by atoms with Crippen LogP contribution in [0.3, 0.4) is 0 Å². The lowest BCUT2D eigenvalue weighted by atomic mass is 10.2. The number of ether oxygens (including phenoxy) is 6. The number of hydrogen-bond donors (Lipinski definition) is 0. The normalized spacial score (nSPS) is 11.3. The Hall–Kier alpha value is -0.240. The average molecular weight is 378 g/mol. The van der Waals surface area contributed by atoms with Crippen molar-refractivity contribution in [3.63, 3.8) is 0 Å². The van der Waals surface area contributed by atoms with Crippen molar-refractivity contribution in [2.75, 3.05) is 80.3 Å². The minimum atomic E-state index is 0.765. The van der Waals surface area contributed by atoms with E-state index in [1.165, 1.54) is 0 Å². The van der Waals surface area contributed by atoms with Crippen molar-refractivity contribution < 1.29 is 28.4 Å². The molecule has 6 heteroatoms. The van der Waals surface area contributed by atoms with Crippen molar-refractivity contribution in [1.82, 2.24) is 0 Å². The molecule has 0 aromatic carbocycles. The van der Waals surface area contributed by atoms with E-state index in [9.17, 15) is 0 Å². The molecule has 0 saturated carbocycles. The maximum Gasteiger partial charge on any atom is 0.0488 e. The summed E-state index contributed by atoms with van der Waals surface area (Å²) >= 11 is 0. The Balaban J connectivity index is 2.95. The van der Waals surface area contributed by atoms with Gasteiger partial charge in [-0.2, -0.15) is 0 Å². The van der Waals surface area contributed by atoms with E-state index in [0.29, 0.717) is 0 Å². The van der Waals surface area contributed by atoms with E-state index in [-0.39, 0.29) is 0 Å². The zero-order valence-corrected chi connectivity index (χ0v) is 17.0. The van der Waals surface area contributed by atoms with Crippen molar-refractivity contribution in [2.45, 2.75) is 44.9 Å². The minimum absolute atomic E-state index is 0.765. The molecule has 6 nitrogen and oxygen atoms in total. The molecule has 0 N–H and O–H groups in total. The molecule has 0 aliphatic rings. The molecule has 0 unspecified atom stereocenters. The van der Waals surface area contributed by atoms with Crippen LogP contribution in [0.15, 0.2) is 0 Å². The predicted octanol–water partition coefficient (Wildman–Crippen LogP) is 3.28. The molecule has 0 saturated heterocycles. The quantitative estimate of drug-likeness (QED) is 0.255. The van der Waals surface area contributed by atoms with Crippen molar-refractivity contribution in [2.24, 2.45) is 0 Å². The van der Waals surface area contributed by atoms with E-state index in [0.717, 1.165) is 111 Å². The molecule has 0 atom stereocenters. The molecule has 0 aromatic heterocycles. The van der Waals surface area contributed by atoms with Gasteiger partial charge >= 0.3 is 0 Å². The van der Waals surface area contributed by atoms with Gasteiger partial charge in [-0.1, -0.05) is 0 Å². The zero-order chi connectivity index (χ0) is 19.0. The summed E-state index contributed by atoms with van der Waals surface area (Å²) in [5.41, 5.74) is 0. The Kier molecular flexibility index (Phi) is 24.5. The molecule has 1 radical (unpaired) electrons. The summed E-state index contributed by atoms with van der Waals surface area (Å²) < 4.78 is 32.0. The third kappa shape index (κ3) is 23.8. The van der Waals surface area contributed by atoms with Crippen LogP contribution in [-0.2, 0) is 28.4 Å². The first-order valence-electron chi connectivity index (χ1n) is 10.0. The molecule has 0 spiro atoms. The van der Waals surface area contributed by atoms with Gasteiger partial charge in [0.05, 0.1) is 0 Å². The van der Waals surface area contributed by atoms with Crippen LogP contribution < -0.4 is 0 Å². The lowest BCUT2D eigenvalue weighted by Crippen LogP contribution is -2.05. The third-order valence-corrected chi connectivity index (χ3v) is 3.59. The molecule has 0 aromatic rings. The van der Waals surface area contributed by atoms with Crippen LogP contribution in [0.2, 0.25) is 0 Å². The third-order valence-electron chi connectivity index (χ3n) is 3.59. The van der Waals surface area contributed by atoms with Crippen LogP contribution in [-0.4, -0.2) is 80.3 Å². The maximum atomic E-state index is 5.59. The van der Waals surface area contributed by atoms with Crippen LogP contribution >= 0.6 is 0 Å². The SMILES string of the molecule is COCCCOCCCOCC[CH]CCCOCCCOCCCOC. The maximum absolute atomic E-state index is 5.59. The van der Waals surface area contributed by atoms with E-state index >= 15 is 0 Å². The fraction of sp³-hybridized carbons (Fsp3) is 0.950. The summed E-state index contributed by atoms with van der Waals surface area (Å²) in [6, 6.07) is 0. The summed E-state index contributed by atoms with van der Waals surface area (Å²) in [6.45, 7) is 7.77. The van der Waals surface area contributed by atoms with Crippen LogP contribution in [0.5, 0.6) is 0 Å². The molecule has 0 aliphatic heterocycles. The van der Waals surface area contributed by atoms with Gasteiger partial charge in [-0.25, -0.2) is 0 Å². The van der Waals surface area contributed by atoms with Gasteiger partial charge in [0.2, 0.25) is 0 Å². The Morgan fingerprint density at radius 2 is 0.808 bits per heavy atom. The van der Waals surface area contributed by atoms with E-state index in [1.54, 1.807) is 14.2 Å². The number of unbranched alkanes of at least 4 members (excludes halogenated alkanes) is 3. The lowest BCUT2D eigenvalue weighted by molar-refractivity contribution is 0.0696. The number of hydrogen-bond acceptors (Lipinski definition) is 6. The highest BCUT2D eigenvalue weighted by Gasteiger charge is 1.95. The smallest absolute Gasteiger partial charge is 0.0488 e. The van der Waals surface area contributed by atoms with Crippen molar-refractivity contribution in [3.05, 3.63) is 6.42 Å². The summed E-state index contributed by atoms with van der Waals surface area (Å²) in [5, 5.41) is 0. The molecule has 0 aliphatic carbocycles. The molecule has 26 heavy (non-hydrogen) atoms. The van der Waals surface area contributed by atoms with E-state index in [4.69, 9.17) is 28.4 Å². The molecule has 0 bridgehead atoms. The van der Waals surface area contributed by atoms with Crippen LogP contribution in [0.25, 0.3) is 0 Å². The molecular weight excluding hydrogens is 336 g/mol. The zero-order valence-electron chi connectivity index (χ0n) is 17.0. The first-order valence-corrected chi connectivity index (χ1v) is 10.0. The Labute approximate surface area is 160 Å². The van der Waals surface area contributed by atoms with Crippen LogP contribution in [0.4, 0.5) is 0 Å². The van der Waals surface area contributed by atoms with Gasteiger partial charge < -0.3 is 28.4 Å². The Morgan fingerprint density at radius 1 is 0.423 bits per heavy atom. The highest BCUT2D eigenvalue weighted by molar-refractivity contribution is 4.63. The Morgan fingerprint density at radius 3 is 1.27 bits per heavy atom. The predicted molar refractivity (Wildman–Crippen MR) is 104 cm³/mol. The highest BCUT2D eigenvalue weighted by Crippen LogP contribution is 2.00. The van der Waals surface area contributed by atoms with Gasteiger partial charge in [-0.05, 0) is 51.4 Å². The highest BCUT2D eigenvalue weighted by atomic mass is 16.5. The average Bonchev–Trinajstić information content (AvgIpc) is 2.66. The first kappa shape index (κ1) is 25.8. The van der Waals surface area contributed by atoms with Gasteiger partial charge in [0.1, 0.15) is 0 Å². The fourth-order valence-electron chi connectivity index (χ4n) is 2.19. The molecule has 0 amide bonds. The van der Waals surface area contributed by atoms with Crippen molar-refractivity contribution >= 4 is 0 Å². The second-order valence-corrected chi connectivity index (χ2v) is 6.07. The van der Waals surface area contributed by atoms with E-state index in [2.05, 4.69) is 6.42 Å². The molecular formula is C20H41O6. The van der Waals surface area contributed by atoms with Gasteiger partial charge in [0.15, 0.2) is 0 Å². The summed E-state index contributed by atoms with van der Waals surface area (Å²) in [5.74, 6) is 0. The van der Waals surface area contributed by atoms with E-state index in [1.807, 2.05) is 0 Å².